The number of aryl methyl sites for hydroxylation is 1. The summed E-state index contributed by atoms with van der Waals surface area (Å²) in [5.41, 5.74) is 1.73. The maximum atomic E-state index is 12.7. The average Bonchev–Trinajstić information content (AvgIpc) is 2.96. The molecule has 0 aliphatic rings. The van der Waals surface area contributed by atoms with Crippen molar-refractivity contribution in [2.24, 2.45) is 0 Å². The third-order valence-corrected chi connectivity index (χ3v) is 3.70. The number of carbonyl (C=O) groups excluding carboxylic acids is 1. The molecule has 0 saturated heterocycles. The van der Waals surface area contributed by atoms with Gasteiger partial charge in [0.15, 0.2) is 0 Å². The van der Waals surface area contributed by atoms with E-state index in [4.69, 9.17) is 0 Å². The van der Waals surface area contributed by atoms with Gasteiger partial charge in [-0.25, -0.2) is 4.39 Å². The van der Waals surface area contributed by atoms with E-state index in [1.54, 1.807) is 11.3 Å². The molecule has 1 aromatic carbocycles. The van der Waals surface area contributed by atoms with Gasteiger partial charge in [-0.2, -0.15) is 11.3 Å². The molecule has 0 saturated carbocycles. The van der Waals surface area contributed by atoms with Crippen molar-refractivity contribution in [1.82, 2.24) is 5.32 Å². The van der Waals surface area contributed by atoms with Crippen molar-refractivity contribution in [2.45, 2.75) is 18.9 Å². The van der Waals surface area contributed by atoms with Crippen LogP contribution in [0.25, 0.3) is 0 Å². The van der Waals surface area contributed by atoms with E-state index < -0.39 is 6.10 Å². The Kier molecular flexibility index (Phi) is 5.26. The highest BCUT2D eigenvalue weighted by Crippen LogP contribution is 2.12. The minimum atomic E-state index is -0.819. The first-order chi connectivity index (χ1) is 9.65. The zero-order chi connectivity index (χ0) is 14.4. The predicted molar refractivity (Wildman–Crippen MR) is 77.0 cm³/mol. The van der Waals surface area contributed by atoms with E-state index in [1.807, 2.05) is 16.8 Å². The minimum Gasteiger partial charge on any atom is -0.387 e. The molecule has 2 aromatic rings. The number of aliphatic hydroxyl groups is 1. The Morgan fingerprint density at radius 1 is 1.30 bits per heavy atom. The molecule has 1 atom stereocenters. The fourth-order valence-corrected chi connectivity index (χ4v) is 2.50. The molecule has 1 heterocycles. The molecular weight excluding hydrogens is 277 g/mol. The summed E-state index contributed by atoms with van der Waals surface area (Å²) in [5, 5.41) is 16.5. The number of thiophene rings is 1. The summed E-state index contributed by atoms with van der Waals surface area (Å²) < 4.78 is 12.7. The Morgan fingerprint density at radius 3 is 2.70 bits per heavy atom. The van der Waals surface area contributed by atoms with Crippen molar-refractivity contribution in [3.63, 3.8) is 0 Å². The van der Waals surface area contributed by atoms with Crippen LogP contribution < -0.4 is 5.32 Å². The first kappa shape index (κ1) is 14.7. The molecule has 0 fully saturated rings. The SMILES string of the molecule is O=C(CCc1ccsc1)NCC(O)c1ccc(F)cc1. The number of carbonyl (C=O) groups is 1. The molecule has 1 aromatic heterocycles. The van der Waals surface area contributed by atoms with E-state index in [2.05, 4.69) is 5.32 Å². The first-order valence-corrected chi connectivity index (χ1v) is 7.31. The lowest BCUT2D eigenvalue weighted by molar-refractivity contribution is -0.121. The third-order valence-electron chi connectivity index (χ3n) is 2.97. The van der Waals surface area contributed by atoms with Gasteiger partial charge in [0.1, 0.15) is 5.82 Å². The third kappa shape index (κ3) is 4.43. The molecule has 0 aliphatic heterocycles. The molecule has 20 heavy (non-hydrogen) atoms. The molecule has 2 rings (SSSR count). The zero-order valence-corrected chi connectivity index (χ0v) is 11.7. The van der Waals surface area contributed by atoms with Gasteiger partial charge in [-0.05, 0) is 46.5 Å². The second-order valence-corrected chi connectivity index (χ2v) is 5.28. The lowest BCUT2D eigenvalue weighted by Crippen LogP contribution is -2.28. The molecule has 0 radical (unpaired) electrons. The van der Waals surface area contributed by atoms with Crippen LogP contribution in [0.1, 0.15) is 23.7 Å². The topological polar surface area (TPSA) is 49.3 Å². The van der Waals surface area contributed by atoms with Crippen molar-refractivity contribution in [2.75, 3.05) is 6.54 Å². The van der Waals surface area contributed by atoms with E-state index in [0.717, 1.165) is 5.56 Å². The number of benzene rings is 1. The quantitative estimate of drug-likeness (QED) is 0.860. The molecule has 106 valence electrons. The molecule has 0 bridgehead atoms. The predicted octanol–water partition coefficient (Wildman–Crippen LogP) is 2.67. The van der Waals surface area contributed by atoms with Crippen molar-refractivity contribution in [1.29, 1.82) is 0 Å². The summed E-state index contributed by atoms with van der Waals surface area (Å²) in [6.07, 6.45) is 0.273. The monoisotopic (exact) mass is 293 g/mol. The van der Waals surface area contributed by atoms with Gasteiger partial charge < -0.3 is 10.4 Å². The number of hydrogen-bond donors (Lipinski definition) is 2. The average molecular weight is 293 g/mol. The summed E-state index contributed by atoms with van der Waals surface area (Å²) in [6.45, 7) is 0.133. The minimum absolute atomic E-state index is 0.0997. The van der Waals surface area contributed by atoms with E-state index in [-0.39, 0.29) is 18.3 Å². The number of hydrogen-bond acceptors (Lipinski definition) is 3. The van der Waals surface area contributed by atoms with E-state index in [1.165, 1.54) is 24.3 Å². The molecular formula is C15H16FNO2S. The van der Waals surface area contributed by atoms with Crippen LogP contribution in [0.3, 0.4) is 0 Å². The van der Waals surface area contributed by atoms with Crippen LogP contribution in [0, 0.1) is 5.82 Å². The summed E-state index contributed by atoms with van der Waals surface area (Å²) in [7, 11) is 0. The van der Waals surface area contributed by atoms with Crippen LogP contribution in [0.4, 0.5) is 4.39 Å². The van der Waals surface area contributed by atoms with Gasteiger partial charge in [0, 0.05) is 13.0 Å². The summed E-state index contributed by atoms with van der Waals surface area (Å²) in [4.78, 5) is 11.6. The Labute approximate surface area is 121 Å². The molecule has 5 heteroatoms. The van der Waals surface area contributed by atoms with Gasteiger partial charge in [-0.1, -0.05) is 12.1 Å². The van der Waals surface area contributed by atoms with Crippen molar-refractivity contribution >= 4 is 17.2 Å². The lowest BCUT2D eigenvalue weighted by atomic mass is 10.1. The fraction of sp³-hybridized carbons (Fsp3) is 0.267. The number of nitrogens with one attached hydrogen (secondary N) is 1. The molecule has 1 unspecified atom stereocenters. The van der Waals surface area contributed by atoms with Crippen molar-refractivity contribution < 1.29 is 14.3 Å². The van der Waals surface area contributed by atoms with Gasteiger partial charge in [0.05, 0.1) is 6.10 Å². The van der Waals surface area contributed by atoms with E-state index >= 15 is 0 Å². The van der Waals surface area contributed by atoms with Crippen LogP contribution >= 0.6 is 11.3 Å². The Morgan fingerprint density at radius 2 is 2.05 bits per heavy atom. The summed E-state index contributed by atoms with van der Waals surface area (Å²) >= 11 is 1.61. The van der Waals surface area contributed by atoms with Crippen LogP contribution in [-0.2, 0) is 11.2 Å². The van der Waals surface area contributed by atoms with Crippen molar-refractivity contribution in [3.8, 4) is 0 Å². The Balaban J connectivity index is 1.73. The van der Waals surface area contributed by atoms with Gasteiger partial charge in [-0.3, -0.25) is 4.79 Å². The van der Waals surface area contributed by atoms with Gasteiger partial charge in [0.25, 0.3) is 0 Å². The maximum absolute atomic E-state index is 12.7. The number of aliphatic hydroxyl groups excluding tert-OH is 1. The molecule has 1 amide bonds. The second-order valence-electron chi connectivity index (χ2n) is 4.50. The first-order valence-electron chi connectivity index (χ1n) is 6.36. The molecule has 0 spiro atoms. The van der Waals surface area contributed by atoms with Crippen LogP contribution in [0.15, 0.2) is 41.1 Å². The second kappa shape index (κ2) is 7.17. The van der Waals surface area contributed by atoms with Crippen molar-refractivity contribution in [3.05, 3.63) is 58.0 Å². The lowest BCUT2D eigenvalue weighted by Gasteiger charge is -2.12. The van der Waals surface area contributed by atoms with Gasteiger partial charge in [-0.15, -0.1) is 0 Å². The fourth-order valence-electron chi connectivity index (χ4n) is 1.79. The smallest absolute Gasteiger partial charge is 0.220 e. The van der Waals surface area contributed by atoms with Crippen LogP contribution in [0.2, 0.25) is 0 Å². The highest BCUT2D eigenvalue weighted by molar-refractivity contribution is 7.07. The largest absolute Gasteiger partial charge is 0.387 e. The standard InChI is InChI=1S/C15H16FNO2S/c16-13-4-2-12(3-5-13)14(18)9-17-15(19)6-1-11-7-8-20-10-11/h2-5,7-8,10,14,18H,1,6,9H2,(H,17,19). The zero-order valence-electron chi connectivity index (χ0n) is 10.9. The molecule has 2 N–H and O–H groups in total. The Hall–Kier alpha value is -1.72. The summed E-state index contributed by atoms with van der Waals surface area (Å²) in [6, 6.07) is 7.59. The van der Waals surface area contributed by atoms with Gasteiger partial charge in [0.2, 0.25) is 5.91 Å². The highest BCUT2D eigenvalue weighted by atomic mass is 32.1. The Bertz CT molecular complexity index is 540. The highest BCUT2D eigenvalue weighted by Gasteiger charge is 2.09. The van der Waals surface area contributed by atoms with Crippen LogP contribution in [0.5, 0.6) is 0 Å². The van der Waals surface area contributed by atoms with E-state index in [9.17, 15) is 14.3 Å². The normalized spacial score (nSPS) is 12.1. The maximum Gasteiger partial charge on any atom is 0.220 e. The van der Waals surface area contributed by atoms with Gasteiger partial charge >= 0.3 is 0 Å². The number of rotatable bonds is 6. The van der Waals surface area contributed by atoms with E-state index in [0.29, 0.717) is 18.4 Å². The number of amides is 1. The molecule has 3 nitrogen and oxygen atoms in total. The summed E-state index contributed by atoms with van der Waals surface area (Å²) in [5.74, 6) is -0.446. The number of halogens is 1. The van der Waals surface area contributed by atoms with Crippen LogP contribution in [-0.4, -0.2) is 17.6 Å². The molecule has 0 aliphatic carbocycles.